The van der Waals surface area contributed by atoms with Crippen molar-refractivity contribution in [2.45, 2.75) is 27.2 Å². The van der Waals surface area contributed by atoms with Crippen LogP contribution in [-0.2, 0) is 4.79 Å². The van der Waals surface area contributed by atoms with Crippen LogP contribution < -0.4 is 0 Å². The zero-order chi connectivity index (χ0) is 7.57. The van der Waals surface area contributed by atoms with E-state index in [2.05, 4.69) is 26.8 Å². The van der Waals surface area contributed by atoms with Crippen molar-refractivity contribution in [1.82, 2.24) is 0 Å². The van der Waals surface area contributed by atoms with Gasteiger partial charge in [-0.25, -0.2) is 0 Å². The molecule has 1 unspecified atom stereocenters. The van der Waals surface area contributed by atoms with Gasteiger partial charge < -0.3 is 0 Å². The van der Waals surface area contributed by atoms with Crippen molar-refractivity contribution in [3.8, 4) is 0 Å². The predicted octanol–water partition coefficient (Wildman–Crippen LogP) is 1.93. The molecule has 0 aromatic heterocycles. The lowest BCUT2D eigenvalue weighted by molar-refractivity contribution is -0.137. The third kappa shape index (κ3) is 0.329. The summed E-state index contributed by atoms with van der Waals surface area (Å²) >= 11 is 0. The topological polar surface area (TPSA) is 17.1 Å². The van der Waals surface area contributed by atoms with Gasteiger partial charge in [-0.15, -0.1) is 0 Å². The Hall–Kier alpha value is -0.590. The van der Waals surface area contributed by atoms with Crippen LogP contribution in [0.15, 0.2) is 11.6 Å². The standard InChI is InChI=1S/C9H12O/c1-8(2)6-4-5-9(8,3)7(6)10/h4H,5H2,1-3H3. The highest BCUT2D eigenvalue weighted by Crippen LogP contribution is 2.64. The molecule has 1 nitrogen and oxygen atoms in total. The van der Waals surface area contributed by atoms with Gasteiger partial charge in [0.05, 0.1) is 0 Å². The number of hydrogen-bond donors (Lipinski definition) is 0. The number of hydrogen-bond acceptors (Lipinski definition) is 1. The summed E-state index contributed by atoms with van der Waals surface area (Å²) in [5.74, 6) is 0.387. The van der Waals surface area contributed by atoms with Gasteiger partial charge in [-0.05, 0) is 12.0 Å². The van der Waals surface area contributed by atoms with Gasteiger partial charge >= 0.3 is 0 Å². The lowest BCUT2D eigenvalue weighted by Crippen LogP contribution is -2.51. The van der Waals surface area contributed by atoms with Crippen LogP contribution >= 0.6 is 0 Å². The fraction of sp³-hybridized carbons (Fsp3) is 0.667. The maximum Gasteiger partial charge on any atom is 0.166 e. The molecule has 0 amide bonds. The van der Waals surface area contributed by atoms with Crippen molar-refractivity contribution >= 4 is 5.78 Å². The number of rotatable bonds is 0. The maximum absolute atomic E-state index is 11.3. The van der Waals surface area contributed by atoms with Gasteiger partial charge in [0.2, 0.25) is 0 Å². The molecule has 1 fully saturated rings. The largest absolute Gasteiger partial charge is 0.294 e. The van der Waals surface area contributed by atoms with Crippen molar-refractivity contribution in [3.63, 3.8) is 0 Å². The van der Waals surface area contributed by atoms with E-state index in [-0.39, 0.29) is 10.8 Å². The molecule has 0 N–H and O–H groups in total. The van der Waals surface area contributed by atoms with Crippen LogP contribution in [-0.4, -0.2) is 5.78 Å². The first kappa shape index (κ1) is 6.14. The summed E-state index contributed by atoms with van der Waals surface area (Å²) in [5, 5.41) is 0. The smallest absolute Gasteiger partial charge is 0.166 e. The van der Waals surface area contributed by atoms with E-state index in [1.54, 1.807) is 0 Å². The van der Waals surface area contributed by atoms with Crippen LogP contribution in [0.5, 0.6) is 0 Å². The zero-order valence-electron chi connectivity index (χ0n) is 6.69. The van der Waals surface area contributed by atoms with Crippen LogP contribution in [0.4, 0.5) is 0 Å². The summed E-state index contributed by atoms with van der Waals surface area (Å²) in [4.78, 5) is 11.3. The Kier molecular flexibility index (Phi) is 0.753. The highest BCUT2D eigenvalue weighted by molar-refractivity contribution is 6.11. The molecule has 1 saturated carbocycles. The Morgan fingerprint density at radius 3 is 2.10 bits per heavy atom. The number of carbonyl (C=O) groups excluding carboxylic acids is 1. The Balaban J connectivity index is 2.54. The molecule has 0 aromatic carbocycles. The molecule has 1 atom stereocenters. The van der Waals surface area contributed by atoms with Crippen LogP contribution in [0.2, 0.25) is 0 Å². The summed E-state index contributed by atoms with van der Waals surface area (Å²) in [6.45, 7) is 6.39. The van der Waals surface area contributed by atoms with E-state index in [0.29, 0.717) is 5.78 Å². The fourth-order valence-corrected chi connectivity index (χ4v) is 2.10. The number of allylic oxidation sites excluding steroid dienone is 2. The molecule has 3 aliphatic rings. The van der Waals surface area contributed by atoms with Crippen molar-refractivity contribution < 1.29 is 4.79 Å². The van der Waals surface area contributed by atoms with Crippen LogP contribution in [0.3, 0.4) is 0 Å². The number of fused-ring (bicyclic) bond motifs is 1. The number of ketones is 1. The van der Waals surface area contributed by atoms with Gasteiger partial charge in [0.25, 0.3) is 0 Å². The molecule has 0 aliphatic heterocycles. The third-order valence-electron chi connectivity index (χ3n) is 3.51. The van der Waals surface area contributed by atoms with Gasteiger partial charge in [0, 0.05) is 10.8 Å². The summed E-state index contributed by atoms with van der Waals surface area (Å²) in [5.41, 5.74) is 1.20. The molecule has 1 heteroatoms. The molecule has 10 heavy (non-hydrogen) atoms. The first-order chi connectivity index (χ1) is 4.50. The Morgan fingerprint density at radius 1 is 1.40 bits per heavy atom. The Bertz CT molecular complexity index is 247. The number of carbonyl (C=O) groups is 1. The zero-order valence-corrected chi connectivity index (χ0v) is 6.69. The van der Waals surface area contributed by atoms with Crippen molar-refractivity contribution in [2.75, 3.05) is 0 Å². The first-order valence-corrected chi connectivity index (χ1v) is 3.75. The van der Waals surface area contributed by atoms with E-state index in [9.17, 15) is 4.79 Å². The Morgan fingerprint density at radius 2 is 2.00 bits per heavy atom. The average Bonchev–Trinajstić information content (AvgIpc) is 2.23. The molecule has 2 bridgehead atoms. The highest BCUT2D eigenvalue weighted by atomic mass is 16.1. The van der Waals surface area contributed by atoms with Crippen LogP contribution in [0.25, 0.3) is 0 Å². The average molecular weight is 136 g/mol. The van der Waals surface area contributed by atoms with Gasteiger partial charge in [0.15, 0.2) is 5.78 Å². The second-order valence-electron chi connectivity index (χ2n) is 4.11. The van der Waals surface area contributed by atoms with Crippen LogP contribution in [0, 0.1) is 10.8 Å². The summed E-state index contributed by atoms with van der Waals surface area (Å²) in [7, 11) is 0. The SMILES string of the molecule is CC1(C)C2=CCC1(C)C2=O. The summed E-state index contributed by atoms with van der Waals surface area (Å²) < 4.78 is 0. The molecule has 3 aliphatic carbocycles. The van der Waals surface area contributed by atoms with Gasteiger partial charge in [-0.2, -0.15) is 0 Å². The van der Waals surface area contributed by atoms with E-state index < -0.39 is 0 Å². The highest BCUT2D eigenvalue weighted by Gasteiger charge is 2.63. The van der Waals surface area contributed by atoms with Gasteiger partial charge in [-0.3, -0.25) is 4.79 Å². The minimum Gasteiger partial charge on any atom is -0.294 e. The van der Waals surface area contributed by atoms with Gasteiger partial charge in [-0.1, -0.05) is 26.8 Å². The first-order valence-electron chi connectivity index (χ1n) is 3.75. The molecule has 0 heterocycles. The minimum absolute atomic E-state index is 0.0394. The molecule has 0 aromatic rings. The molecule has 54 valence electrons. The molecular formula is C9H12O. The van der Waals surface area contributed by atoms with E-state index in [1.807, 2.05) is 0 Å². The fourth-order valence-electron chi connectivity index (χ4n) is 2.10. The second-order valence-corrected chi connectivity index (χ2v) is 4.11. The van der Waals surface area contributed by atoms with E-state index in [4.69, 9.17) is 0 Å². The molecule has 0 radical (unpaired) electrons. The summed E-state index contributed by atoms with van der Waals surface area (Å²) in [6.07, 6.45) is 3.07. The number of Topliss-reactive ketones (excluding diaryl/α,β-unsaturated/α-hetero) is 1. The van der Waals surface area contributed by atoms with E-state index >= 15 is 0 Å². The second kappa shape index (κ2) is 1.23. The van der Waals surface area contributed by atoms with E-state index in [0.717, 1.165) is 12.0 Å². The summed E-state index contributed by atoms with van der Waals surface area (Å²) in [6, 6.07) is 0. The monoisotopic (exact) mass is 136 g/mol. The quantitative estimate of drug-likeness (QED) is 0.497. The third-order valence-corrected chi connectivity index (χ3v) is 3.51. The van der Waals surface area contributed by atoms with Crippen molar-refractivity contribution in [3.05, 3.63) is 11.6 Å². The van der Waals surface area contributed by atoms with Crippen molar-refractivity contribution in [2.24, 2.45) is 10.8 Å². The Labute approximate surface area is 61.1 Å². The predicted molar refractivity (Wildman–Crippen MR) is 39.6 cm³/mol. The van der Waals surface area contributed by atoms with Crippen molar-refractivity contribution in [1.29, 1.82) is 0 Å². The van der Waals surface area contributed by atoms with Crippen LogP contribution in [0.1, 0.15) is 27.2 Å². The molecule has 0 spiro atoms. The minimum atomic E-state index is -0.0394. The normalized spacial score (nSPS) is 41.1. The lowest BCUT2D eigenvalue weighted by Gasteiger charge is -2.48. The molecule has 3 rings (SSSR count). The molecular weight excluding hydrogens is 124 g/mol. The van der Waals surface area contributed by atoms with E-state index in [1.165, 1.54) is 0 Å². The van der Waals surface area contributed by atoms with Gasteiger partial charge in [0.1, 0.15) is 0 Å². The maximum atomic E-state index is 11.3. The lowest BCUT2D eigenvalue weighted by atomic mass is 9.52. The molecule has 0 saturated heterocycles.